The third kappa shape index (κ3) is 2.79. The molecule has 1 aromatic carbocycles. The second kappa shape index (κ2) is 5.52. The fourth-order valence-electron chi connectivity index (χ4n) is 2.16. The van der Waals surface area contributed by atoms with E-state index in [1.165, 1.54) is 24.0 Å². The van der Waals surface area contributed by atoms with Gasteiger partial charge in [-0.25, -0.2) is 4.99 Å². The van der Waals surface area contributed by atoms with E-state index in [1.807, 2.05) is 19.1 Å². The highest BCUT2D eigenvalue weighted by Gasteiger charge is 2.13. The zero-order valence-electron chi connectivity index (χ0n) is 9.96. The summed E-state index contributed by atoms with van der Waals surface area (Å²) in [7, 11) is 0. The predicted octanol–water partition coefficient (Wildman–Crippen LogP) is 4.05. The molecule has 0 aliphatic heterocycles. The van der Waals surface area contributed by atoms with Crippen LogP contribution >= 0.6 is 11.6 Å². The highest BCUT2D eigenvalue weighted by atomic mass is 35.5. The fourth-order valence-corrected chi connectivity index (χ4v) is 2.26. The number of halogens is 1. The minimum Gasteiger partial charge on any atom is -0.291 e. The molecule has 0 aromatic heterocycles. The van der Waals surface area contributed by atoms with Crippen molar-refractivity contribution >= 4 is 28.1 Å². The Morgan fingerprint density at radius 2 is 2.00 bits per heavy atom. The number of hydrogen-bond donors (Lipinski definition) is 2. The number of rotatable bonds is 3. The van der Waals surface area contributed by atoms with Gasteiger partial charge in [-0.2, -0.15) is 0 Å². The summed E-state index contributed by atoms with van der Waals surface area (Å²) >= 11 is 5.95. The molecule has 0 unspecified atom stereocenters. The van der Waals surface area contributed by atoms with Gasteiger partial charge in [-0.05, 0) is 55.4 Å². The number of aryl methyl sites for hydroxylation is 2. The second-order valence-corrected chi connectivity index (χ2v) is 4.73. The van der Waals surface area contributed by atoms with Gasteiger partial charge in [0.25, 0.3) is 0 Å². The van der Waals surface area contributed by atoms with Crippen LogP contribution in [-0.2, 0) is 12.8 Å². The fraction of sp³-hybridized carbons (Fsp3) is 0.462. The third-order valence-corrected chi connectivity index (χ3v) is 3.47. The Bertz CT molecular complexity index is 443. The van der Waals surface area contributed by atoms with E-state index in [0.29, 0.717) is 17.3 Å². The molecule has 2 rings (SSSR count). The number of nitrogens with zero attached hydrogens (tertiary/aromatic N) is 1. The van der Waals surface area contributed by atoms with Crippen LogP contribution in [0.25, 0.3) is 0 Å². The standard InChI is InChI=1S/C13H17ClN2O/c1-2-13(14)15-11-7-9-5-3-4-6-10(9)8-12(11)16-17/h7-8,16-17H,2-6H2,1H3. The smallest absolute Gasteiger partial charge is 0.106 e. The van der Waals surface area contributed by atoms with E-state index in [0.717, 1.165) is 18.5 Å². The van der Waals surface area contributed by atoms with Crippen molar-refractivity contribution in [2.24, 2.45) is 4.99 Å². The molecule has 17 heavy (non-hydrogen) atoms. The van der Waals surface area contributed by atoms with Gasteiger partial charge in [0.15, 0.2) is 0 Å². The summed E-state index contributed by atoms with van der Waals surface area (Å²) in [5.74, 6) is 0. The molecule has 0 spiro atoms. The SMILES string of the molecule is CCC(Cl)=Nc1cc2c(cc1NO)CCCC2. The molecule has 0 radical (unpaired) electrons. The summed E-state index contributed by atoms with van der Waals surface area (Å²) in [5.41, 5.74) is 6.20. The summed E-state index contributed by atoms with van der Waals surface area (Å²) in [6.45, 7) is 1.95. The van der Waals surface area contributed by atoms with Crippen LogP contribution < -0.4 is 5.48 Å². The van der Waals surface area contributed by atoms with Gasteiger partial charge in [-0.1, -0.05) is 18.5 Å². The molecule has 1 aromatic rings. The van der Waals surface area contributed by atoms with Crippen LogP contribution in [0.3, 0.4) is 0 Å². The maximum atomic E-state index is 9.14. The largest absolute Gasteiger partial charge is 0.291 e. The molecule has 0 amide bonds. The van der Waals surface area contributed by atoms with Gasteiger partial charge in [0.2, 0.25) is 0 Å². The maximum absolute atomic E-state index is 9.14. The summed E-state index contributed by atoms with van der Waals surface area (Å²) in [6, 6.07) is 4.01. The van der Waals surface area contributed by atoms with E-state index in [9.17, 15) is 0 Å². The summed E-state index contributed by atoms with van der Waals surface area (Å²) < 4.78 is 0. The first kappa shape index (κ1) is 12.4. The second-order valence-electron chi connectivity index (χ2n) is 4.30. The van der Waals surface area contributed by atoms with Crippen molar-refractivity contribution in [3.05, 3.63) is 23.3 Å². The van der Waals surface area contributed by atoms with Crippen LogP contribution in [0.15, 0.2) is 17.1 Å². The molecule has 0 saturated heterocycles. The van der Waals surface area contributed by atoms with E-state index in [1.54, 1.807) is 0 Å². The van der Waals surface area contributed by atoms with E-state index in [-0.39, 0.29) is 0 Å². The van der Waals surface area contributed by atoms with Crippen LogP contribution in [0, 0.1) is 0 Å². The number of anilines is 1. The molecule has 0 fully saturated rings. The van der Waals surface area contributed by atoms with E-state index in [2.05, 4.69) is 10.5 Å². The first-order chi connectivity index (χ1) is 8.24. The van der Waals surface area contributed by atoms with Crippen LogP contribution in [-0.4, -0.2) is 10.4 Å². The highest BCUT2D eigenvalue weighted by Crippen LogP contribution is 2.33. The molecule has 0 saturated carbocycles. The highest BCUT2D eigenvalue weighted by molar-refractivity contribution is 6.65. The molecule has 0 atom stereocenters. The van der Waals surface area contributed by atoms with Crippen molar-refractivity contribution in [3.63, 3.8) is 0 Å². The van der Waals surface area contributed by atoms with Crippen LogP contribution in [0.4, 0.5) is 11.4 Å². The molecule has 4 heteroatoms. The lowest BCUT2D eigenvalue weighted by atomic mass is 9.91. The van der Waals surface area contributed by atoms with Crippen LogP contribution in [0.1, 0.15) is 37.3 Å². The molecule has 0 bridgehead atoms. The van der Waals surface area contributed by atoms with Gasteiger partial charge in [0.1, 0.15) is 5.17 Å². The molecule has 3 nitrogen and oxygen atoms in total. The first-order valence-electron chi connectivity index (χ1n) is 6.03. The van der Waals surface area contributed by atoms with Gasteiger partial charge in [-0.15, -0.1) is 0 Å². The number of fused-ring (bicyclic) bond motifs is 1. The van der Waals surface area contributed by atoms with Crippen molar-refractivity contribution in [3.8, 4) is 0 Å². The number of nitrogens with one attached hydrogen (secondary N) is 1. The molecule has 0 heterocycles. The van der Waals surface area contributed by atoms with Crippen molar-refractivity contribution in [1.29, 1.82) is 0 Å². The minimum atomic E-state index is 0.553. The zero-order valence-corrected chi connectivity index (χ0v) is 10.7. The van der Waals surface area contributed by atoms with Crippen LogP contribution in [0.2, 0.25) is 0 Å². The third-order valence-electron chi connectivity index (χ3n) is 3.11. The van der Waals surface area contributed by atoms with Gasteiger partial charge >= 0.3 is 0 Å². The normalized spacial score (nSPS) is 15.6. The number of aliphatic imine (C=N–C) groups is 1. The average Bonchev–Trinajstić information content (AvgIpc) is 2.37. The topological polar surface area (TPSA) is 44.6 Å². The van der Waals surface area contributed by atoms with Gasteiger partial charge in [0, 0.05) is 0 Å². The quantitative estimate of drug-likeness (QED) is 0.630. The van der Waals surface area contributed by atoms with Crippen LogP contribution in [0.5, 0.6) is 0 Å². The lowest BCUT2D eigenvalue weighted by Gasteiger charge is -2.18. The predicted molar refractivity (Wildman–Crippen MR) is 71.7 cm³/mol. The number of benzene rings is 1. The molecule has 1 aliphatic rings. The summed E-state index contributed by atoms with van der Waals surface area (Å²) in [4.78, 5) is 4.32. The molecular formula is C13H17ClN2O. The Labute approximate surface area is 106 Å². The lowest BCUT2D eigenvalue weighted by molar-refractivity contribution is 0.389. The maximum Gasteiger partial charge on any atom is 0.106 e. The van der Waals surface area contributed by atoms with Gasteiger partial charge < -0.3 is 0 Å². The molecule has 1 aliphatic carbocycles. The first-order valence-corrected chi connectivity index (χ1v) is 6.41. The average molecular weight is 253 g/mol. The monoisotopic (exact) mass is 252 g/mol. The Kier molecular flexibility index (Phi) is 4.02. The Hall–Kier alpha value is -1.06. The molecule has 2 N–H and O–H groups in total. The zero-order chi connectivity index (χ0) is 12.3. The minimum absolute atomic E-state index is 0.553. The Balaban J connectivity index is 2.43. The van der Waals surface area contributed by atoms with Crippen molar-refractivity contribution in [2.75, 3.05) is 5.48 Å². The molecule has 92 valence electrons. The number of hydrogen-bond acceptors (Lipinski definition) is 3. The summed E-state index contributed by atoms with van der Waals surface area (Å²) in [5, 5.41) is 9.70. The van der Waals surface area contributed by atoms with Gasteiger partial charge in [0.05, 0.1) is 11.4 Å². The van der Waals surface area contributed by atoms with E-state index >= 15 is 0 Å². The lowest BCUT2D eigenvalue weighted by Crippen LogP contribution is -2.04. The Morgan fingerprint density at radius 1 is 1.35 bits per heavy atom. The summed E-state index contributed by atoms with van der Waals surface area (Å²) in [6.07, 6.45) is 5.31. The van der Waals surface area contributed by atoms with Crippen molar-refractivity contribution < 1.29 is 5.21 Å². The Morgan fingerprint density at radius 3 is 2.59 bits per heavy atom. The van der Waals surface area contributed by atoms with E-state index < -0.39 is 0 Å². The van der Waals surface area contributed by atoms with Crippen molar-refractivity contribution in [2.45, 2.75) is 39.0 Å². The van der Waals surface area contributed by atoms with E-state index in [4.69, 9.17) is 16.8 Å². The molecular weight excluding hydrogens is 236 g/mol. The van der Waals surface area contributed by atoms with Gasteiger partial charge in [-0.3, -0.25) is 10.7 Å². The van der Waals surface area contributed by atoms with Crippen molar-refractivity contribution in [1.82, 2.24) is 0 Å².